The fourth-order valence-corrected chi connectivity index (χ4v) is 0.943. The molecule has 0 aliphatic carbocycles. The third-order valence-electron chi connectivity index (χ3n) is 1.47. The minimum atomic E-state index is 0.454. The fourth-order valence-electron chi connectivity index (χ4n) is 0.807. The number of hydrogen-bond donors (Lipinski definition) is 1. The zero-order chi connectivity index (χ0) is 10.9. The Bertz CT molecular complexity index is 364. The minimum absolute atomic E-state index is 0.454. The van der Waals surface area contributed by atoms with Gasteiger partial charge in [-0.15, -0.1) is 10.2 Å². The van der Waals surface area contributed by atoms with E-state index in [0.29, 0.717) is 4.99 Å². The SMILES string of the molecule is NC(=S)c1ccccc1.c1cnnnc1. The van der Waals surface area contributed by atoms with E-state index in [1.54, 1.807) is 18.5 Å². The summed E-state index contributed by atoms with van der Waals surface area (Å²) in [4.78, 5) is 0.454. The van der Waals surface area contributed by atoms with E-state index in [2.05, 4.69) is 15.4 Å². The predicted octanol–water partition coefficient (Wildman–Crippen LogP) is 1.19. The third-order valence-corrected chi connectivity index (χ3v) is 1.70. The Morgan fingerprint density at radius 2 is 1.60 bits per heavy atom. The molecule has 4 nitrogen and oxygen atoms in total. The molecule has 2 rings (SSSR count). The lowest BCUT2D eigenvalue weighted by Crippen LogP contribution is -2.08. The van der Waals surface area contributed by atoms with Gasteiger partial charge in [-0.25, -0.2) is 0 Å². The maximum absolute atomic E-state index is 5.35. The van der Waals surface area contributed by atoms with E-state index in [4.69, 9.17) is 18.0 Å². The number of aromatic nitrogens is 3. The number of rotatable bonds is 1. The highest BCUT2D eigenvalue weighted by molar-refractivity contribution is 7.80. The predicted molar refractivity (Wildman–Crippen MR) is 62.2 cm³/mol. The molecule has 0 aliphatic heterocycles. The first-order valence-electron chi connectivity index (χ1n) is 4.24. The lowest BCUT2D eigenvalue weighted by Gasteiger charge is -1.92. The molecule has 0 saturated carbocycles. The van der Waals surface area contributed by atoms with Gasteiger partial charge in [-0.3, -0.25) is 0 Å². The molecule has 0 unspecified atom stereocenters. The zero-order valence-corrected chi connectivity index (χ0v) is 8.76. The second-order valence-electron chi connectivity index (χ2n) is 2.54. The fraction of sp³-hybridized carbons (Fsp3) is 0. The van der Waals surface area contributed by atoms with Gasteiger partial charge in [0, 0.05) is 5.56 Å². The average molecular weight is 218 g/mol. The van der Waals surface area contributed by atoms with Crippen molar-refractivity contribution < 1.29 is 0 Å². The van der Waals surface area contributed by atoms with Crippen LogP contribution in [0.5, 0.6) is 0 Å². The normalized spacial score (nSPS) is 8.53. The Kier molecular flexibility index (Phi) is 4.89. The van der Waals surface area contributed by atoms with Crippen LogP contribution in [0, 0.1) is 0 Å². The molecule has 1 aromatic carbocycles. The summed E-state index contributed by atoms with van der Waals surface area (Å²) >= 11 is 4.74. The number of thiocarbonyl (C=S) groups is 1. The molecule has 0 saturated heterocycles. The van der Waals surface area contributed by atoms with Crippen LogP contribution in [0.2, 0.25) is 0 Å². The van der Waals surface area contributed by atoms with Crippen LogP contribution in [0.3, 0.4) is 0 Å². The molecule has 1 aromatic heterocycles. The van der Waals surface area contributed by atoms with Gasteiger partial charge in [0.15, 0.2) is 0 Å². The summed E-state index contributed by atoms with van der Waals surface area (Å²) in [5.41, 5.74) is 6.27. The lowest BCUT2D eigenvalue weighted by molar-refractivity contribution is 0.865. The van der Waals surface area contributed by atoms with E-state index in [-0.39, 0.29) is 0 Å². The highest BCUT2D eigenvalue weighted by Crippen LogP contribution is 1.96. The van der Waals surface area contributed by atoms with Gasteiger partial charge in [0.2, 0.25) is 0 Å². The smallest absolute Gasteiger partial charge is 0.103 e. The Hall–Kier alpha value is -1.88. The summed E-state index contributed by atoms with van der Waals surface area (Å²) in [5.74, 6) is 0. The molecule has 0 amide bonds. The topological polar surface area (TPSA) is 64.7 Å². The molecule has 0 atom stereocenters. The summed E-state index contributed by atoms with van der Waals surface area (Å²) in [6.45, 7) is 0. The van der Waals surface area contributed by atoms with Gasteiger partial charge in [-0.1, -0.05) is 42.5 Å². The van der Waals surface area contributed by atoms with Gasteiger partial charge in [0.1, 0.15) is 4.99 Å². The molecule has 2 N–H and O–H groups in total. The van der Waals surface area contributed by atoms with Crippen molar-refractivity contribution in [1.82, 2.24) is 15.4 Å². The standard InChI is InChI=1S/C7H7NS.C3H3N3/c8-7(9)6-4-2-1-3-5-6;1-2-4-6-5-3-1/h1-5H,(H2,8,9);1-3H. The summed E-state index contributed by atoms with van der Waals surface area (Å²) in [6, 6.07) is 11.3. The summed E-state index contributed by atoms with van der Waals surface area (Å²) < 4.78 is 0. The van der Waals surface area contributed by atoms with E-state index in [1.165, 1.54) is 0 Å². The van der Waals surface area contributed by atoms with Crippen LogP contribution in [-0.4, -0.2) is 20.4 Å². The van der Waals surface area contributed by atoms with Crippen LogP contribution in [0.15, 0.2) is 48.8 Å². The van der Waals surface area contributed by atoms with Crippen molar-refractivity contribution in [3.8, 4) is 0 Å². The molecule has 0 fully saturated rings. The highest BCUT2D eigenvalue weighted by atomic mass is 32.1. The van der Waals surface area contributed by atoms with E-state index in [0.717, 1.165) is 5.56 Å². The molecule has 1 heterocycles. The van der Waals surface area contributed by atoms with Crippen LogP contribution < -0.4 is 5.73 Å². The zero-order valence-electron chi connectivity index (χ0n) is 7.95. The second kappa shape index (κ2) is 6.56. The monoisotopic (exact) mass is 218 g/mol. The molecule has 76 valence electrons. The number of nitrogens with zero attached hydrogens (tertiary/aromatic N) is 3. The van der Waals surface area contributed by atoms with Gasteiger partial charge < -0.3 is 5.73 Å². The molecule has 0 radical (unpaired) electrons. The van der Waals surface area contributed by atoms with Crippen LogP contribution >= 0.6 is 12.2 Å². The van der Waals surface area contributed by atoms with Crippen LogP contribution in [0.1, 0.15) is 5.56 Å². The number of nitrogens with two attached hydrogens (primary N) is 1. The number of benzene rings is 1. The molecule has 0 spiro atoms. The summed E-state index contributed by atoms with van der Waals surface area (Å²) in [6.07, 6.45) is 3.15. The van der Waals surface area contributed by atoms with Gasteiger partial charge in [0.05, 0.1) is 12.4 Å². The van der Waals surface area contributed by atoms with E-state index >= 15 is 0 Å². The van der Waals surface area contributed by atoms with Crippen molar-refractivity contribution in [2.24, 2.45) is 5.73 Å². The van der Waals surface area contributed by atoms with E-state index in [1.807, 2.05) is 30.3 Å². The van der Waals surface area contributed by atoms with Crippen molar-refractivity contribution in [3.05, 3.63) is 54.4 Å². The highest BCUT2D eigenvalue weighted by Gasteiger charge is 1.89. The first-order valence-corrected chi connectivity index (χ1v) is 4.64. The van der Waals surface area contributed by atoms with Crippen molar-refractivity contribution in [2.75, 3.05) is 0 Å². The first kappa shape index (κ1) is 11.2. The maximum Gasteiger partial charge on any atom is 0.103 e. The van der Waals surface area contributed by atoms with E-state index in [9.17, 15) is 0 Å². The van der Waals surface area contributed by atoms with Gasteiger partial charge in [-0.2, -0.15) is 0 Å². The average Bonchev–Trinajstić information content (AvgIpc) is 2.33. The molecule has 15 heavy (non-hydrogen) atoms. The Balaban J connectivity index is 0.000000162. The third kappa shape index (κ3) is 4.78. The van der Waals surface area contributed by atoms with Gasteiger partial charge in [0.25, 0.3) is 0 Å². The molecule has 5 heteroatoms. The Labute approximate surface area is 93.2 Å². The lowest BCUT2D eigenvalue weighted by atomic mass is 10.2. The molecular formula is C10H10N4S. The largest absolute Gasteiger partial charge is 0.389 e. The van der Waals surface area contributed by atoms with E-state index < -0.39 is 0 Å². The molecule has 2 aromatic rings. The van der Waals surface area contributed by atoms with Crippen LogP contribution in [0.25, 0.3) is 0 Å². The summed E-state index contributed by atoms with van der Waals surface area (Å²) in [5, 5.41) is 10.1. The minimum Gasteiger partial charge on any atom is -0.389 e. The summed E-state index contributed by atoms with van der Waals surface area (Å²) in [7, 11) is 0. The molecule has 0 aliphatic rings. The van der Waals surface area contributed by atoms with Crippen molar-refractivity contribution in [2.45, 2.75) is 0 Å². The van der Waals surface area contributed by atoms with Crippen molar-refractivity contribution in [3.63, 3.8) is 0 Å². The Morgan fingerprint density at radius 1 is 1.00 bits per heavy atom. The first-order chi connectivity index (χ1) is 7.30. The molecular weight excluding hydrogens is 208 g/mol. The molecule has 0 bridgehead atoms. The number of hydrogen-bond acceptors (Lipinski definition) is 4. The van der Waals surface area contributed by atoms with Crippen LogP contribution in [-0.2, 0) is 0 Å². The Morgan fingerprint density at radius 3 is 1.87 bits per heavy atom. The quantitative estimate of drug-likeness (QED) is 0.728. The maximum atomic E-state index is 5.35. The van der Waals surface area contributed by atoms with Gasteiger partial charge in [-0.05, 0) is 11.3 Å². The van der Waals surface area contributed by atoms with Crippen molar-refractivity contribution in [1.29, 1.82) is 0 Å². The van der Waals surface area contributed by atoms with Gasteiger partial charge >= 0.3 is 0 Å². The van der Waals surface area contributed by atoms with Crippen LogP contribution in [0.4, 0.5) is 0 Å². The van der Waals surface area contributed by atoms with Crippen molar-refractivity contribution >= 4 is 17.2 Å². The second-order valence-corrected chi connectivity index (χ2v) is 2.98.